The van der Waals surface area contributed by atoms with Crippen molar-refractivity contribution in [1.29, 1.82) is 0 Å². The lowest BCUT2D eigenvalue weighted by Gasteiger charge is -2.24. The van der Waals surface area contributed by atoms with Crippen LogP contribution in [0.25, 0.3) is 129 Å². The molecule has 13 rings (SSSR count). The van der Waals surface area contributed by atoms with E-state index in [9.17, 15) is 0 Å². The molecule has 0 amide bonds. The molecule has 2 heteroatoms. The van der Waals surface area contributed by atoms with E-state index in [-0.39, 0.29) is 0 Å². The fourth-order valence-electron chi connectivity index (χ4n) is 9.51. The van der Waals surface area contributed by atoms with E-state index in [1.54, 1.807) is 0 Å². The molecule has 0 fully saturated rings. The minimum absolute atomic E-state index is 1.18. The second kappa shape index (κ2) is 6.54. The van der Waals surface area contributed by atoms with Crippen LogP contribution in [0.3, 0.4) is 0 Å². The van der Waals surface area contributed by atoms with Gasteiger partial charge in [-0.15, -0.1) is 0 Å². The molecule has 0 aliphatic rings. The lowest BCUT2D eigenvalue weighted by atomic mass is 9.78. The van der Waals surface area contributed by atoms with Crippen LogP contribution in [0.5, 0.6) is 0 Å². The van der Waals surface area contributed by atoms with Gasteiger partial charge in [-0.3, -0.25) is 0 Å². The van der Waals surface area contributed by atoms with E-state index >= 15 is 0 Å². The Balaban J connectivity index is 1.50. The highest BCUT2D eigenvalue weighted by molar-refractivity contribution is 6.54. The summed E-state index contributed by atoms with van der Waals surface area (Å²) in [4.78, 5) is 0. The van der Waals surface area contributed by atoms with Gasteiger partial charge in [0.25, 0.3) is 0 Å². The molecule has 2 aromatic heterocycles. The third-order valence-corrected chi connectivity index (χ3v) is 11.1. The van der Waals surface area contributed by atoms with Crippen LogP contribution < -0.4 is 0 Å². The van der Waals surface area contributed by atoms with Crippen LogP contribution in [0.15, 0.2) is 119 Å². The Morgan fingerprint density at radius 3 is 0.977 bits per heavy atom. The highest BCUT2D eigenvalue weighted by Crippen LogP contribution is 2.55. The molecule has 2 heterocycles. The van der Waals surface area contributed by atoms with E-state index in [2.05, 4.69) is 84.9 Å². The molecule has 0 bridgehead atoms. The van der Waals surface area contributed by atoms with Crippen LogP contribution in [0.2, 0.25) is 0 Å². The van der Waals surface area contributed by atoms with Crippen molar-refractivity contribution in [3.8, 4) is 0 Å². The molecule has 0 saturated heterocycles. The molecule has 198 valence electrons. The van der Waals surface area contributed by atoms with Crippen LogP contribution in [-0.2, 0) is 0 Å². The average Bonchev–Trinajstić information content (AvgIpc) is 3.77. The standard InChI is InChI=1S/C42H18O2/c1-3-19-7-9-21-29-15-43-17-31(29)23-12-14-28-36-26-6-2-4-20-8-10-22-30-16-44-18-32(30)24-11-13-27(42(36)40(24)38(22)34(20)26)35-25(5-1)33(19)37(21)39(23)41(28)35/h1-18H. The van der Waals surface area contributed by atoms with Gasteiger partial charge in [-0.2, -0.15) is 0 Å². The molecule has 13 aromatic rings. The molecule has 0 unspecified atom stereocenters. The molecule has 0 aliphatic heterocycles. The van der Waals surface area contributed by atoms with Gasteiger partial charge in [-0.25, -0.2) is 0 Å². The van der Waals surface area contributed by atoms with Crippen LogP contribution in [-0.4, -0.2) is 0 Å². The van der Waals surface area contributed by atoms with Crippen molar-refractivity contribution in [1.82, 2.24) is 0 Å². The van der Waals surface area contributed by atoms with Crippen molar-refractivity contribution in [3.63, 3.8) is 0 Å². The molecule has 0 saturated carbocycles. The summed E-state index contributed by atoms with van der Waals surface area (Å²) in [5.41, 5.74) is 0. The van der Waals surface area contributed by atoms with Gasteiger partial charge in [-0.1, -0.05) is 84.9 Å². The second-order valence-corrected chi connectivity index (χ2v) is 12.8. The van der Waals surface area contributed by atoms with Gasteiger partial charge >= 0.3 is 0 Å². The number of fused-ring (bicyclic) bond motifs is 10. The van der Waals surface area contributed by atoms with E-state index < -0.39 is 0 Å². The van der Waals surface area contributed by atoms with E-state index in [0.717, 1.165) is 0 Å². The Hall–Kier alpha value is -5.86. The summed E-state index contributed by atoms with van der Waals surface area (Å²) >= 11 is 0. The maximum absolute atomic E-state index is 5.88. The summed E-state index contributed by atoms with van der Waals surface area (Å²) in [6.45, 7) is 0. The largest absolute Gasteiger partial charge is 0.471 e. The summed E-state index contributed by atoms with van der Waals surface area (Å²) in [5, 5.41) is 31.2. The predicted octanol–water partition coefficient (Wildman–Crippen LogP) is 12.5. The minimum atomic E-state index is 1.18. The topological polar surface area (TPSA) is 26.3 Å². The number of rotatable bonds is 0. The maximum atomic E-state index is 5.88. The monoisotopic (exact) mass is 554 g/mol. The van der Waals surface area contributed by atoms with E-state index in [0.29, 0.717) is 0 Å². The second-order valence-electron chi connectivity index (χ2n) is 12.8. The molecule has 2 nitrogen and oxygen atoms in total. The summed E-state index contributed by atoms with van der Waals surface area (Å²) < 4.78 is 11.8. The van der Waals surface area contributed by atoms with E-state index in [1.807, 2.05) is 25.1 Å². The van der Waals surface area contributed by atoms with Crippen molar-refractivity contribution >= 4 is 129 Å². The average molecular weight is 555 g/mol. The van der Waals surface area contributed by atoms with Crippen molar-refractivity contribution in [2.45, 2.75) is 0 Å². The van der Waals surface area contributed by atoms with Crippen LogP contribution in [0, 0.1) is 0 Å². The van der Waals surface area contributed by atoms with Crippen molar-refractivity contribution in [3.05, 3.63) is 110 Å². The summed E-state index contributed by atoms with van der Waals surface area (Å²) in [5.74, 6) is 0. The lowest BCUT2D eigenvalue weighted by Crippen LogP contribution is -1.96. The van der Waals surface area contributed by atoms with Crippen LogP contribution in [0.4, 0.5) is 0 Å². The molecule has 44 heavy (non-hydrogen) atoms. The first-order valence-electron chi connectivity index (χ1n) is 15.2. The smallest absolute Gasteiger partial charge is 0.0987 e. The first-order chi connectivity index (χ1) is 21.9. The zero-order chi connectivity index (χ0) is 28.0. The minimum Gasteiger partial charge on any atom is -0.471 e. The molecular formula is C42H18O2. The zero-order valence-electron chi connectivity index (χ0n) is 23.2. The van der Waals surface area contributed by atoms with Gasteiger partial charge in [0.1, 0.15) is 0 Å². The summed E-state index contributed by atoms with van der Waals surface area (Å²) in [6, 6.07) is 32.3. The Labute approximate surface area is 247 Å². The summed E-state index contributed by atoms with van der Waals surface area (Å²) in [6.07, 6.45) is 7.72. The van der Waals surface area contributed by atoms with E-state index in [4.69, 9.17) is 8.83 Å². The van der Waals surface area contributed by atoms with Gasteiger partial charge in [0.15, 0.2) is 0 Å². The highest BCUT2D eigenvalue weighted by Gasteiger charge is 2.27. The number of hydrogen-bond acceptors (Lipinski definition) is 2. The van der Waals surface area contributed by atoms with E-state index in [1.165, 1.54) is 129 Å². The fraction of sp³-hybridized carbons (Fsp3) is 0. The SMILES string of the molecule is c1cc2ccc3c4cocc4c4ccc5c6c7cccc8ccc9c%10cocc%10c%10ccc(c%11c(c1)c2c3c4c5%11)c6c%10c9c87. The van der Waals surface area contributed by atoms with Gasteiger partial charge in [-0.05, 0) is 108 Å². The Morgan fingerprint density at radius 2 is 0.545 bits per heavy atom. The summed E-state index contributed by atoms with van der Waals surface area (Å²) in [7, 11) is 0. The molecule has 11 aromatic carbocycles. The quantitative estimate of drug-likeness (QED) is 0.138. The van der Waals surface area contributed by atoms with Gasteiger partial charge in [0, 0.05) is 21.5 Å². The number of hydrogen-bond donors (Lipinski definition) is 0. The number of benzene rings is 11. The lowest BCUT2D eigenvalue weighted by molar-refractivity contribution is 0.572. The first-order valence-corrected chi connectivity index (χ1v) is 15.2. The fourth-order valence-corrected chi connectivity index (χ4v) is 9.51. The maximum Gasteiger partial charge on any atom is 0.0987 e. The van der Waals surface area contributed by atoms with Gasteiger partial charge in [0.2, 0.25) is 0 Å². The van der Waals surface area contributed by atoms with Crippen molar-refractivity contribution in [2.24, 2.45) is 0 Å². The normalized spacial score (nSPS) is 13.5. The van der Waals surface area contributed by atoms with Crippen LogP contribution in [0.1, 0.15) is 0 Å². The molecule has 0 radical (unpaired) electrons. The van der Waals surface area contributed by atoms with Gasteiger partial charge in [0.05, 0.1) is 25.1 Å². The Kier molecular flexibility index (Phi) is 3.11. The first kappa shape index (κ1) is 20.9. The molecule has 0 spiro atoms. The predicted molar refractivity (Wildman–Crippen MR) is 186 cm³/mol. The number of furan rings is 2. The Bertz CT molecular complexity index is 3140. The van der Waals surface area contributed by atoms with Crippen molar-refractivity contribution < 1.29 is 8.83 Å². The van der Waals surface area contributed by atoms with Gasteiger partial charge < -0.3 is 8.83 Å². The third kappa shape index (κ3) is 1.98. The van der Waals surface area contributed by atoms with Crippen molar-refractivity contribution in [2.75, 3.05) is 0 Å². The molecule has 0 N–H and O–H groups in total. The highest BCUT2D eigenvalue weighted by atomic mass is 16.3. The molecule has 0 aliphatic carbocycles. The zero-order valence-corrected chi connectivity index (χ0v) is 23.2. The molecule has 0 atom stereocenters. The molecular weight excluding hydrogens is 536 g/mol. The third-order valence-electron chi connectivity index (χ3n) is 11.1. The Morgan fingerprint density at radius 1 is 0.227 bits per heavy atom. The van der Waals surface area contributed by atoms with Crippen LogP contribution >= 0.6 is 0 Å².